The molecule has 2 aromatic rings. The Morgan fingerprint density at radius 3 is 2.84 bits per heavy atom. The van der Waals surface area contributed by atoms with Crippen molar-refractivity contribution in [1.29, 1.82) is 0 Å². The predicted octanol–water partition coefficient (Wildman–Crippen LogP) is 1.41. The van der Waals surface area contributed by atoms with E-state index in [1.165, 1.54) is 10.5 Å². The molecule has 0 amide bonds. The highest BCUT2D eigenvalue weighted by Gasteiger charge is 2.31. The molecule has 0 radical (unpaired) electrons. The molecule has 19 heavy (non-hydrogen) atoms. The number of ether oxygens (including phenoxy) is 1. The Balaban J connectivity index is 2.05. The number of halogens is 3. The molecule has 3 rings (SSSR count). The van der Waals surface area contributed by atoms with E-state index < -0.39 is 11.7 Å². The normalized spacial score (nSPS) is 20.9. The van der Waals surface area contributed by atoms with Crippen molar-refractivity contribution >= 4 is 5.65 Å². The monoisotopic (exact) mass is 272 g/mol. The second-order valence-corrected chi connectivity index (χ2v) is 4.27. The molecule has 1 atom stereocenters. The largest absolute Gasteiger partial charge is 0.417 e. The Morgan fingerprint density at radius 1 is 1.32 bits per heavy atom. The first-order valence-corrected chi connectivity index (χ1v) is 5.80. The summed E-state index contributed by atoms with van der Waals surface area (Å²) in [5.74, 6) is 0.383. The van der Waals surface area contributed by atoms with Gasteiger partial charge in [0, 0.05) is 19.3 Å². The number of aromatic nitrogens is 3. The maximum Gasteiger partial charge on any atom is 0.417 e. The fourth-order valence-electron chi connectivity index (χ4n) is 2.03. The highest BCUT2D eigenvalue weighted by molar-refractivity contribution is 5.40. The summed E-state index contributed by atoms with van der Waals surface area (Å²) in [4.78, 5) is 0. The van der Waals surface area contributed by atoms with E-state index in [-0.39, 0.29) is 6.10 Å². The van der Waals surface area contributed by atoms with Gasteiger partial charge in [0.1, 0.15) is 6.10 Å². The number of pyridine rings is 1. The van der Waals surface area contributed by atoms with Crippen LogP contribution < -0.4 is 5.32 Å². The van der Waals surface area contributed by atoms with Gasteiger partial charge in [-0.2, -0.15) is 13.2 Å². The lowest BCUT2D eigenvalue weighted by atomic mass is 10.2. The third-order valence-electron chi connectivity index (χ3n) is 2.97. The molecule has 2 aromatic heterocycles. The minimum atomic E-state index is -4.39. The summed E-state index contributed by atoms with van der Waals surface area (Å²) in [6.45, 7) is 1.73. The second kappa shape index (κ2) is 4.46. The zero-order valence-electron chi connectivity index (χ0n) is 9.81. The smallest absolute Gasteiger partial charge is 0.368 e. The quantitative estimate of drug-likeness (QED) is 0.852. The number of fused-ring (bicyclic) bond motifs is 1. The highest BCUT2D eigenvalue weighted by Crippen LogP contribution is 2.30. The Bertz CT molecular complexity index is 589. The minimum Gasteiger partial charge on any atom is -0.368 e. The van der Waals surface area contributed by atoms with E-state index in [2.05, 4.69) is 15.5 Å². The van der Waals surface area contributed by atoms with Crippen molar-refractivity contribution in [1.82, 2.24) is 19.9 Å². The molecular weight excluding hydrogens is 261 g/mol. The maximum absolute atomic E-state index is 12.7. The number of hydrogen-bond acceptors (Lipinski definition) is 4. The lowest BCUT2D eigenvalue weighted by Gasteiger charge is -2.22. The van der Waals surface area contributed by atoms with Crippen LogP contribution in [-0.4, -0.2) is 34.3 Å². The average Bonchev–Trinajstić information content (AvgIpc) is 2.81. The van der Waals surface area contributed by atoms with Gasteiger partial charge in [-0.15, -0.1) is 10.2 Å². The molecule has 0 aliphatic carbocycles. The van der Waals surface area contributed by atoms with Gasteiger partial charge >= 0.3 is 6.18 Å². The Hall–Kier alpha value is -1.67. The van der Waals surface area contributed by atoms with Crippen molar-refractivity contribution < 1.29 is 17.9 Å². The predicted molar refractivity (Wildman–Crippen MR) is 59.6 cm³/mol. The molecule has 8 heteroatoms. The maximum atomic E-state index is 12.7. The summed E-state index contributed by atoms with van der Waals surface area (Å²) < 4.78 is 44.9. The highest BCUT2D eigenvalue weighted by atomic mass is 19.4. The minimum absolute atomic E-state index is 0.372. The van der Waals surface area contributed by atoms with Crippen LogP contribution >= 0.6 is 0 Å². The summed E-state index contributed by atoms with van der Waals surface area (Å²) in [7, 11) is 0. The molecule has 5 nitrogen and oxygen atoms in total. The fourth-order valence-corrected chi connectivity index (χ4v) is 2.03. The van der Waals surface area contributed by atoms with Crippen LogP contribution in [-0.2, 0) is 10.9 Å². The van der Waals surface area contributed by atoms with E-state index in [0.717, 1.165) is 18.8 Å². The van der Waals surface area contributed by atoms with Crippen molar-refractivity contribution in [2.75, 3.05) is 19.7 Å². The van der Waals surface area contributed by atoms with Gasteiger partial charge in [-0.05, 0) is 12.1 Å². The van der Waals surface area contributed by atoms with Gasteiger partial charge in [-0.3, -0.25) is 4.40 Å². The van der Waals surface area contributed by atoms with Crippen LogP contribution in [0.15, 0.2) is 18.3 Å². The van der Waals surface area contributed by atoms with Crippen LogP contribution in [0.5, 0.6) is 0 Å². The standard InChI is InChI=1S/C11H11F3N4O/c12-11(13,14)7-1-2-9-16-17-10(18(9)6-7)8-5-15-3-4-19-8/h1-2,6,8,15H,3-5H2. The number of rotatable bonds is 1. The van der Waals surface area contributed by atoms with Crippen molar-refractivity contribution in [3.8, 4) is 0 Å². The van der Waals surface area contributed by atoms with E-state index in [9.17, 15) is 13.2 Å². The number of nitrogens with one attached hydrogen (secondary N) is 1. The summed E-state index contributed by atoms with van der Waals surface area (Å²) >= 11 is 0. The van der Waals surface area contributed by atoms with Crippen LogP contribution in [0.3, 0.4) is 0 Å². The third kappa shape index (κ3) is 2.28. The van der Waals surface area contributed by atoms with Crippen molar-refractivity contribution in [3.05, 3.63) is 29.7 Å². The number of hydrogen-bond donors (Lipinski definition) is 1. The van der Waals surface area contributed by atoms with Gasteiger partial charge in [-0.1, -0.05) is 0 Å². The molecule has 0 aromatic carbocycles. The second-order valence-electron chi connectivity index (χ2n) is 4.27. The lowest BCUT2D eigenvalue weighted by molar-refractivity contribution is -0.137. The molecule has 0 bridgehead atoms. The van der Waals surface area contributed by atoms with E-state index >= 15 is 0 Å². The van der Waals surface area contributed by atoms with Gasteiger partial charge in [0.25, 0.3) is 0 Å². The summed E-state index contributed by atoms with van der Waals surface area (Å²) in [6.07, 6.45) is -3.77. The molecule has 1 unspecified atom stereocenters. The first-order valence-electron chi connectivity index (χ1n) is 5.80. The summed E-state index contributed by atoms with van der Waals surface area (Å²) in [6, 6.07) is 2.29. The third-order valence-corrected chi connectivity index (χ3v) is 2.97. The van der Waals surface area contributed by atoms with E-state index in [0.29, 0.717) is 24.6 Å². The molecule has 102 valence electrons. The molecule has 1 aliphatic rings. The topological polar surface area (TPSA) is 51.5 Å². The van der Waals surface area contributed by atoms with E-state index in [1.807, 2.05) is 0 Å². The fraction of sp³-hybridized carbons (Fsp3) is 0.455. The lowest BCUT2D eigenvalue weighted by Crippen LogP contribution is -2.34. The van der Waals surface area contributed by atoms with Crippen molar-refractivity contribution in [3.63, 3.8) is 0 Å². The summed E-state index contributed by atoms with van der Waals surface area (Å²) in [5, 5.41) is 10.9. The average molecular weight is 272 g/mol. The first kappa shape index (κ1) is 12.4. The van der Waals surface area contributed by atoms with Gasteiger partial charge in [-0.25, -0.2) is 0 Å². The van der Waals surface area contributed by atoms with Gasteiger partial charge in [0.05, 0.1) is 12.2 Å². The SMILES string of the molecule is FC(F)(F)c1ccc2nnc(C3CNCCO3)n2c1. The number of nitrogens with zero attached hydrogens (tertiary/aromatic N) is 3. The molecular formula is C11H11F3N4O. The van der Waals surface area contributed by atoms with Crippen LogP contribution in [0, 0.1) is 0 Å². The Morgan fingerprint density at radius 2 is 2.16 bits per heavy atom. The molecule has 1 saturated heterocycles. The van der Waals surface area contributed by atoms with Crippen LogP contribution in [0.2, 0.25) is 0 Å². The molecule has 1 aliphatic heterocycles. The molecule has 0 spiro atoms. The molecule has 1 N–H and O–H groups in total. The van der Waals surface area contributed by atoms with Crippen LogP contribution in [0.25, 0.3) is 5.65 Å². The molecule has 1 fully saturated rings. The van der Waals surface area contributed by atoms with E-state index in [4.69, 9.17) is 4.74 Å². The Labute approximate surface area is 106 Å². The number of alkyl halides is 3. The van der Waals surface area contributed by atoms with Crippen molar-refractivity contribution in [2.45, 2.75) is 12.3 Å². The number of morpholine rings is 1. The zero-order valence-corrected chi connectivity index (χ0v) is 9.81. The first-order chi connectivity index (χ1) is 9.05. The van der Waals surface area contributed by atoms with Gasteiger partial charge in [0.15, 0.2) is 11.5 Å². The molecule has 0 saturated carbocycles. The van der Waals surface area contributed by atoms with Gasteiger partial charge < -0.3 is 10.1 Å². The molecule has 3 heterocycles. The van der Waals surface area contributed by atoms with Crippen molar-refractivity contribution in [2.24, 2.45) is 0 Å². The van der Waals surface area contributed by atoms with E-state index in [1.54, 1.807) is 0 Å². The Kier molecular flexibility index (Phi) is 2.90. The van der Waals surface area contributed by atoms with Gasteiger partial charge in [0.2, 0.25) is 0 Å². The summed E-state index contributed by atoms with van der Waals surface area (Å²) in [5.41, 5.74) is -0.359. The zero-order chi connectivity index (χ0) is 13.5. The van der Waals surface area contributed by atoms with Crippen LogP contribution in [0.4, 0.5) is 13.2 Å². The van der Waals surface area contributed by atoms with Crippen LogP contribution in [0.1, 0.15) is 17.5 Å².